The first-order chi connectivity index (χ1) is 12.0. The Morgan fingerprint density at radius 1 is 1.23 bits per heavy atom. The van der Waals surface area contributed by atoms with Crippen LogP contribution in [0.4, 0.5) is 4.39 Å². The van der Waals surface area contributed by atoms with Gasteiger partial charge in [0.2, 0.25) is 5.91 Å². The van der Waals surface area contributed by atoms with Gasteiger partial charge in [0, 0.05) is 19.6 Å². The van der Waals surface area contributed by atoms with Gasteiger partial charge in [0.1, 0.15) is 18.5 Å². The van der Waals surface area contributed by atoms with E-state index >= 15 is 0 Å². The van der Waals surface area contributed by atoms with Gasteiger partial charge < -0.3 is 20.3 Å². The first-order valence-electron chi connectivity index (χ1n) is 8.74. The number of guanidine groups is 1. The van der Waals surface area contributed by atoms with Gasteiger partial charge in [-0.15, -0.1) is 24.0 Å². The van der Waals surface area contributed by atoms with Crippen LogP contribution in [0.25, 0.3) is 0 Å². The lowest BCUT2D eigenvalue weighted by atomic mass is 10.1. The maximum absolute atomic E-state index is 13.2. The first-order valence-corrected chi connectivity index (χ1v) is 8.74. The van der Waals surface area contributed by atoms with Crippen molar-refractivity contribution >= 4 is 35.8 Å². The molecular formula is C18H28FIN4O2. The lowest BCUT2D eigenvalue weighted by Gasteiger charge is -2.38. The summed E-state index contributed by atoms with van der Waals surface area (Å²) in [6, 6.07) is 6.37. The molecule has 2 atom stereocenters. The van der Waals surface area contributed by atoms with Gasteiger partial charge in [0.15, 0.2) is 5.96 Å². The molecule has 0 aromatic heterocycles. The van der Waals surface area contributed by atoms with Crippen LogP contribution < -0.4 is 10.6 Å². The van der Waals surface area contributed by atoms with Gasteiger partial charge in [-0.2, -0.15) is 0 Å². The first kappa shape index (κ1) is 22.6. The highest BCUT2D eigenvalue weighted by molar-refractivity contribution is 14.0. The highest BCUT2D eigenvalue weighted by Crippen LogP contribution is 2.25. The van der Waals surface area contributed by atoms with Crippen LogP contribution in [0.5, 0.6) is 0 Å². The summed E-state index contributed by atoms with van der Waals surface area (Å²) in [7, 11) is 0. The predicted molar refractivity (Wildman–Crippen MR) is 111 cm³/mol. The van der Waals surface area contributed by atoms with Crippen LogP contribution in [0.1, 0.15) is 32.4 Å². The number of nitrogens with zero attached hydrogens (tertiary/aromatic N) is 2. The Balaban J connectivity index is 0.00000338. The van der Waals surface area contributed by atoms with Crippen molar-refractivity contribution in [3.63, 3.8) is 0 Å². The molecule has 26 heavy (non-hydrogen) atoms. The summed E-state index contributed by atoms with van der Waals surface area (Å²) in [5, 5.41) is 5.97. The predicted octanol–water partition coefficient (Wildman–Crippen LogP) is 2.31. The molecule has 1 aliphatic rings. The molecule has 0 bridgehead atoms. The van der Waals surface area contributed by atoms with Crippen molar-refractivity contribution in [1.82, 2.24) is 15.5 Å². The number of likely N-dealkylation sites (N-methyl/N-ethyl adjacent to an activating group) is 1. The van der Waals surface area contributed by atoms with Gasteiger partial charge in [-0.05, 0) is 38.5 Å². The Bertz CT molecular complexity index is 597. The smallest absolute Gasteiger partial charge is 0.241 e. The van der Waals surface area contributed by atoms with E-state index in [1.807, 2.05) is 20.8 Å². The van der Waals surface area contributed by atoms with Crippen LogP contribution in [-0.2, 0) is 9.53 Å². The molecular weight excluding hydrogens is 450 g/mol. The number of ether oxygens (including phenoxy) is 1. The highest BCUT2D eigenvalue weighted by atomic mass is 127. The molecule has 0 aliphatic carbocycles. The van der Waals surface area contributed by atoms with E-state index in [0.29, 0.717) is 32.1 Å². The molecule has 2 N–H and O–H groups in total. The summed E-state index contributed by atoms with van der Waals surface area (Å²) in [5.41, 5.74) is 0.928. The van der Waals surface area contributed by atoms with Crippen molar-refractivity contribution in [3.05, 3.63) is 35.6 Å². The maximum atomic E-state index is 13.2. The highest BCUT2D eigenvalue weighted by Gasteiger charge is 2.28. The van der Waals surface area contributed by atoms with E-state index < -0.39 is 0 Å². The SMILES string of the molecule is CCNC(=O)CN=C(NCC)N1CC(C)OC(c2ccc(F)cc2)C1.I. The Morgan fingerprint density at radius 3 is 2.50 bits per heavy atom. The number of morpholine rings is 1. The molecule has 8 heteroatoms. The normalized spacial score (nSPS) is 20.3. The minimum absolute atomic E-state index is 0. The summed E-state index contributed by atoms with van der Waals surface area (Å²) < 4.78 is 19.2. The van der Waals surface area contributed by atoms with Gasteiger partial charge in [-0.1, -0.05) is 12.1 Å². The fourth-order valence-corrected chi connectivity index (χ4v) is 2.81. The molecule has 1 aromatic carbocycles. The summed E-state index contributed by atoms with van der Waals surface area (Å²) in [6.07, 6.45) is -0.171. The standard InChI is InChI=1S/C18H27FN4O2.HI/c1-4-20-17(24)10-22-18(21-5-2)23-11-13(3)25-16(12-23)14-6-8-15(19)9-7-14;/h6-9,13,16H,4-5,10-12H2,1-3H3,(H,20,24)(H,21,22);1H. The van der Waals surface area contributed by atoms with Crippen LogP contribution in [0, 0.1) is 5.82 Å². The number of amides is 1. The minimum atomic E-state index is -0.263. The summed E-state index contributed by atoms with van der Waals surface area (Å²) in [5.74, 6) is 0.326. The number of rotatable bonds is 5. The van der Waals surface area contributed by atoms with Gasteiger partial charge in [0.05, 0.1) is 12.6 Å². The van der Waals surface area contributed by atoms with E-state index in [1.54, 1.807) is 12.1 Å². The van der Waals surface area contributed by atoms with Gasteiger partial charge in [-0.3, -0.25) is 4.79 Å². The number of halogens is 2. The number of aliphatic imine (C=N–C) groups is 1. The molecule has 2 unspecified atom stereocenters. The molecule has 1 heterocycles. The molecule has 2 rings (SSSR count). The van der Waals surface area contributed by atoms with Crippen LogP contribution in [-0.4, -0.2) is 55.6 Å². The Labute approximate surface area is 171 Å². The van der Waals surface area contributed by atoms with Crippen molar-refractivity contribution in [2.24, 2.45) is 4.99 Å². The second-order valence-electron chi connectivity index (χ2n) is 6.02. The number of hydrogen-bond donors (Lipinski definition) is 2. The Morgan fingerprint density at radius 2 is 1.88 bits per heavy atom. The molecule has 0 spiro atoms. The quantitative estimate of drug-likeness (QED) is 0.388. The van der Waals surface area contributed by atoms with E-state index in [1.165, 1.54) is 12.1 Å². The maximum Gasteiger partial charge on any atom is 0.241 e. The van der Waals surface area contributed by atoms with E-state index in [0.717, 1.165) is 5.56 Å². The minimum Gasteiger partial charge on any atom is -0.367 e. The van der Waals surface area contributed by atoms with Crippen molar-refractivity contribution in [3.8, 4) is 0 Å². The molecule has 1 aliphatic heterocycles. The number of hydrogen-bond acceptors (Lipinski definition) is 3. The zero-order valence-corrected chi connectivity index (χ0v) is 17.8. The second-order valence-corrected chi connectivity index (χ2v) is 6.02. The van der Waals surface area contributed by atoms with Crippen LogP contribution in [0.2, 0.25) is 0 Å². The van der Waals surface area contributed by atoms with E-state index in [-0.39, 0.29) is 54.5 Å². The van der Waals surface area contributed by atoms with Crippen LogP contribution in [0.3, 0.4) is 0 Å². The van der Waals surface area contributed by atoms with Crippen molar-refractivity contribution in [2.75, 3.05) is 32.7 Å². The molecule has 0 radical (unpaired) electrons. The second kappa shape index (κ2) is 11.3. The lowest BCUT2D eigenvalue weighted by Crippen LogP contribution is -2.51. The lowest BCUT2D eigenvalue weighted by molar-refractivity contribution is -0.119. The van der Waals surface area contributed by atoms with Crippen LogP contribution in [0.15, 0.2) is 29.3 Å². The third-order valence-corrected chi connectivity index (χ3v) is 3.88. The average molecular weight is 478 g/mol. The number of carbonyl (C=O) groups is 1. The van der Waals surface area contributed by atoms with Crippen LogP contribution >= 0.6 is 24.0 Å². The van der Waals surface area contributed by atoms with E-state index in [4.69, 9.17) is 4.74 Å². The average Bonchev–Trinajstić information content (AvgIpc) is 2.59. The number of benzene rings is 1. The monoisotopic (exact) mass is 478 g/mol. The Hall–Kier alpha value is -1.42. The van der Waals surface area contributed by atoms with Crippen molar-refractivity contribution in [2.45, 2.75) is 33.0 Å². The number of carbonyl (C=O) groups excluding carboxylic acids is 1. The molecule has 0 saturated carbocycles. The van der Waals surface area contributed by atoms with Gasteiger partial charge in [-0.25, -0.2) is 9.38 Å². The third-order valence-electron chi connectivity index (χ3n) is 3.88. The fraction of sp³-hybridized carbons (Fsp3) is 0.556. The zero-order chi connectivity index (χ0) is 18.2. The van der Waals surface area contributed by atoms with E-state index in [2.05, 4.69) is 20.5 Å². The molecule has 1 fully saturated rings. The van der Waals surface area contributed by atoms with Crippen molar-refractivity contribution < 1.29 is 13.9 Å². The number of nitrogens with one attached hydrogen (secondary N) is 2. The molecule has 146 valence electrons. The fourth-order valence-electron chi connectivity index (χ4n) is 2.81. The van der Waals surface area contributed by atoms with Gasteiger partial charge in [0.25, 0.3) is 0 Å². The molecule has 1 amide bonds. The van der Waals surface area contributed by atoms with Crippen molar-refractivity contribution in [1.29, 1.82) is 0 Å². The topological polar surface area (TPSA) is 66.0 Å². The van der Waals surface area contributed by atoms with Gasteiger partial charge >= 0.3 is 0 Å². The summed E-state index contributed by atoms with van der Waals surface area (Å²) >= 11 is 0. The third kappa shape index (κ3) is 6.71. The largest absolute Gasteiger partial charge is 0.367 e. The molecule has 6 nitrogen and oxygen atoms in total. The molecule has 1 saturated heterocycles. The summed E-state index contributed by atoms with van der Waals surface area (Å²) in [4.78, 5) is 18.2. The Kier molecular flexibility index (Phi) is 9.85. The van der Waals surface area contributed by atoms with E-state index in [9.17, 15) is 9.18 Å². The summed E-state index contributed by atoms with van der Waals surface area (Å²) in [6.45, 7) is 8.52. The zero-order valence-electron chi connectivity index (χ0n) is 15.5. The molecule has 1 aromatic rings.